The number of hydrogen-bond acceptors (Lipinski definition) is 6. The Morgan fingerprint density at radius 1 is 1.03 bits per heavy atom. The number of rotatable bonds is 11. The van der Waals surface area contributed by atoms with Crippen molar-refractivity contribution in [1.29, 1.82) is 0 Å². The molecule has 0 spiro atoms. The fourth-order valence-corrected chi connectivity index (χ4v) is 3.26. The molecule has 4 unspecified atom stereocenters. The summed E-state index contributed by atoms with van der Waals surface area (Å²) in [4.78, 5) is 12.7. The number of ether oxygens (including phenoxy) is 4. The SMILES string of the molecule is C=CCCCOC1OC(CO)C(OCc2ccccc2)C1OC(=O)c1ccccc1. The van der Waals surface area contributed by atoms with Gasteiger partial charge in [0.2, 0.25) is 0 Å². The van der Waals surface area contributed by atoms with Gasteiger partial charge in [-0.1, -0.05) is 54.6 Å². The molecule has 1 N–H and O–H groups in total. The van der Waals surface area contributed by atoms with Crippen molar-refractivity contribution in [2.24, 2.45) is 0 Å². The highest BCUT2D eigenvalue weighted by molar-refractivity contribution is 5.89. The van der Waals surface area contributed by atoms with E-state index in [2.05, 4.69) is 6.58 Å². The first-order valence-corrected chi connectivity index (χ1v) is 10.1. The molecule has 0 aromatic heterocycles. The Hall–Kier alpha value is -2.51. The Bertz CT molecular complexity index is 779. The van der Waals surface area contributed by atoms with E-state index in [0.717, 1.165) is 18.4 Å². The maximum absolute atomic E-state index is 12.7. The first-order valence-electron chi connectivity index (χ1n) is 10.1. The second-order valence-electron chi connectivity index (χ2n) is 7.02. The van der Waals surface area contributed by atoms with Gasteiger partial charge in [0.15, 0.2) is 12.4 Å². The normalized spacial score (nSPS) is 23.2. The molecular formula is C24H28O6. The monoisotopic (exact) mass is 412 g/mol. The van der Waals surface area contributed by atoms with E-state index < -0.39 is 30.6 Å². The number of esters is 1. The van der Waals surface area contributed by atoms with Gasteiger partial charge in [-0.2, -0.15) is 0 Å². The maximum Gasteiger partial charge on any atom is 0.338 e. The lowest BCUT2D eigenvalue weighted by Gasteiger charge is -2.24. The molecule has 1 fully saturated rings. The second-order valence-corrected chi connectivity index (χ2v) is 7.02. The summed E-state index contributed by atoms with van der Waals surface area (Å²) >= 11 is 0. The van der Waals surface area contributed by atoms with Crippen LogP contribution in [0.1, 0.15) is 28.8 Å². The van der Waals surface area contributed by atoms with Gasteiger partial charge < -0.3 is 24.1 Å². The van der Waals surface area contributed by atoms with E-state index in [1.54, 1.807) is 24.3 Å². The molecule has 160 valence electrons. The summed E-state index contributed by atoms with van der Waals surface area (Å²) < 4.78 is 23.5. The van der Waals surface area contributed by atoms with Gasteiger partial charge in [-0.15, -0.1) is 6.58 Å². The van der Waals surface area contributed by atoms with Gasteiger partial charge in [-0.3, -0.25) is 0 Å². The number of aliphatic hydroxyl groups is 1. The maximum atomic E-state index is 12.7. The highest BCUT2D eigenvalue weighted by Gasteiger charge is 2.48. The zero-order valence-corrected chi connectivity index (χ0v) is 16.9. The quantitative estimate of drug-likeness (QED) is 0.346. The van der Waals surface area contributed by atoms with Gasteiger partial charge in [0.25, 0.3) is 0 Å². The van der Waals surface area contributed by atoms with Crippen LogP contribution in [-0.4, -0.2) is 48.9 Å². The van der Waals surface area contributed by atoms with E-state index in [9.17, 15) is 9.90 Å². The molecule has 1 heterocycles. The first-order chi connectivity index (χ1) is 14.7. The van der Waals surface area contributed by atoms with Crippen molar-refractivity contribution in [3.05, 3.63) is 84.4 Å². The third-order valence-corrected chi connectivity index (χ3v) is 4.82. The lowest BCUT2D eigenvalue weighted by atomic mass is 10.1. The fraction of sp³-hybridized carbons (Fsp3) is 0.375. The average molecular weight is 412 g/mol. The smallest absolute Gasteiger partial charge is 0.338 e. The highest BCUT2D eigenvalue weighted by atomic mass is 16.7. The minimum absolute atomic E-state index is 0.272. The minimum atomic E-state index is -0.819. The Labute approximate surface area is 177 Å². The third-order valence-electron chi connectivity index (χ3n) is 4.82. The van der Waals surface area contributed by atoms with Crippen LogP contribution in [-0.2, 0) is 25.6 Å². The lowest BCUT2D eigenvalue weighted by molar-refractivity contribution is -0.170. The third kappa shape index (κ3) is 6.00. The fourth-order valence-electron chi connectivity index (χ4n) is 3.26. The number of benzene rings is 2. The van der Waals surface area contributed by atoms with Crippen LogP contribution in [0, 0.1) is 0 Å². The molecule has 2 aromatic rings. The number of allylic oxidation sites excluding steroid dienone is 1. The van der Waals surface area contributed by atoms with E-state index in [0.29, 0.717) is 18.8 Å². The molecule has 1 aliphatic rings. The molecule has 1 aliphatic heterocycles. The van der Waals surface area contributed by atoms with E-state index in [4.69, 9.17) is 18.9 Å². The average Bonchev–Trinajstić information content (AvgIpc) is 3.12. The number of hydrogen-bond donors (Lipinski definition) is 1. The summed E-state index contributed by atoms with van der Waals surface area (Å²) in [5.41, 5.74) is 1.40. The zero-order valence-electron chi connectivity index (χ0n) is 16.9. The Morgan fingerprint density at radius 2 is 1.73 bits per heavy atom. The molecule has 6 heteroatoms. The van der Waals surface area contributed by atoms with Gasteiger partial charge in [-0.25, -0.2) is 4.79 Å². The number of unbranched alkanes of at least 4 members (excludes halogenated alkanes) is 1. The number of carbonyl (C=O) groups excluding carboxylic acids is 1. The minimum Gasteiger partial charge on any atom is -0.450 e. The van der Waals surface area contributed by atoms with Gasteiger partial charge in [0.1, 0.15) is 12.2 Å². The lowest BCUT2D eigenvalue weighted by Crippen LogP contribution is -2.40. The summed E-state index contributed by atoms with van der Waals surface area (Å²) in [5.74, 6) is -0.490. The highest BCUT2D eigenvalue weighted by Crippen LogP contribution is 2.29. The number of carbonyl (C=O) groups is 1. The van der Waals surface area contributed by atoms with E-state index in [1.165, 1.54) is 0 Å². The molecule has 6 nitrogen and oxygen atoms in total. The van der Waals surface area contributed by atoms with Gasteiger partial charge in [0, 0.05) is 0 Å². The van der Waals surface area contributed by atoms with Crippen LogP contribution >= 0.6 is 0 Å². The first kappa shape index (κ1) is 22.2. The molecule has 30 heavy (non-hydrogen) atoms. The molecule has 1 saturated heterocycles. The predicted octanol–water partition coefficient (Wildman–Crippen LogP) is 3.50. The molecule has 0 aliphatic carbocycles. The van der Waals surface area contributed by atoms with Gasteiger partial charge >= 0.3 is 5.97 Å². The Morgan fingerprint density at radius 3 is 2.40 bits per heavy atom. The van der Waals surface area contributed by atoms with Crippen LogP contribution in [0.3, 0.4) is 0 Å². The molecule has 0 saturated carbocycles. The Balaban J connectivity index is 1.73. The van der Waals surface area contributed by atoms with Crippen molar-refractivity contribution in [2.45, 2.75) is 44.1 Å². The predicted molar refractivity (Wildman–Crippen MR) is 112 cm³/mol. The summed E-state index contributed by atoms with van der Waals surface area (Å²) in [6.07, 6.45) is 0.441. The van der Waals surface area contributed by atoms with Gasteiger partial charge in [0.05, 0.1) is 25.4 Å². The summed E-state index contributed by atoms with van der Waals surface area (Å²) in [6, 6.07) is 18.4. The van der Waals surface area contributed by atoms with Crippen LogP contribution in [0.4, 0.5) is 0 Å². The largest absolute Gasteiger partial charge is 0.450 e. The second kappa shape index (κ2) is 11.6. The molecule has 0 radical (unpaired) electrons. The van der Waals surface area contributed by atoms with Crippen molar-refractivity contribution in [3.63, 3.8) is 0 Å². The van der Waals surface area contributed by atoms with Crippen LogP contribution in [0.25, 0.3) is 0 Å². The molecular weight excluding hydrogens is 384 g/mol. The Kier molecular flexibility index (Phi) is 8.59. The van der Waals surface area contributed by atoms with Crippen molar-refractivity contribution < 1.29 is 28.8 Å². The van der Waals surface area contributed by atoms with Crippen molar-refractivity contribution in [3.8, 4) is 0 Å². The van der Waals surface area contributed by atoms with Gasteiger partial charge in [-0.05, 0) is 30.5 Å². The summed E-state index contributed by atoms with van der Waals surface area (Å²) in [6.45, 7) is 4.14. The zero-order chi connectivity index (χ0) is 21.2. The topological polar surface area (TPSA) is 74.2 Å². The molecule has 2 aromatic carbocycles. The summed E-state index contributed by atoms with van der Waals surface area (Å²) in [5, 5.41) is 9.82. The summed E-state index contributed by atoms with van der Waals surface area (Å²) in [7, 11) is 0. The van der Waals surface area contributed by atoms with Crippen molar-refractivity contribution >= 4 is 5.97 Å². The van der Waals surface area contributed by atoms with Crippen LogP contribution in [0.15, 0.2) is 73.3 Å². The van der Waals surface area contributed by atoms with Crippen molar-refractivity contribution in [2.75, 3.05) is 13.2 Å². The van der Waals surface area contributed by atoms with Crippen LogP contribution in [0.5, 0.6) is 0 Å². The molecule has 0 amide bonds. The van der Waals surface area contributed by atoms with Crippen molar-refractivity contribution in [1.82, 2.24) is 0 Å². The standard InChI is InChI=1S/C24H28O6/c1-2-3-10-15-27-24-22(30-23(26)19-13-8-5-9-14-19)21(20(16-25)29-24)28-17-18-11-6-4-7-12-18/h2,4-9,11-14,20-22,24-25H,1,3,10,15-17H2. The molecule has 3 rings (SSSR count). The van der Waals surface area contributed by atoms with E-state index in [-0.39, 0.29) is 6.61 Å². The van der Waals surface area contributed by atoms with E-state index >= 15 is 0 Å². The van der Waals surface area contributed by atoms with E-state index in [1.807, 2.05) is 42.5 Å². The van der Waals surface area contributed by atoms with Crippen LogP contribution < -0.4 is 0 Å². The van der Waals surface area contributed by atoms with Crippen LogP contribution in [0.2, 0.25) is 0 Å². The molecule has 0 bridgehead atoms. The number of aliphatic hydroxyl groups excluding tert-OH is 1. The molecule has 4 atom stereocenters.